The molecule has 3 heterocycles. The van der Waals surface area contributed by atoms with E-state index >= 15 is 0 Å². The van der Waals surface area contributed by atoms with Crippen LogP contribution < -0.4 is 10.2 Å². The van der Waals surface area contributed by atoms with Crippen molar-refractivity contribution in [2.45, 2.75) is 29.5 Å². The SMILES string of the molecule is O=C(NC1CCCN(S(=O)(=O)c2cccs2)C1)N1CCc2cc(-c3ccccc3)ccc21. The van der Waals surface area contributed by atoms with Crippen molar-refractivity contribution in [1.82, 2.24) is 9.62 Å². The van der Waals surface area contributed by atoms with Gasteiger partial charge >= 0.3 is 6.03 Å². The van der Waals surface area contributed by atoms with E-state index in [1.165, 1.54) is 15.6 Å². The summed E-state index contributed by atoms with van der Waals surface area (Å²) in [5, 5.41) is 4.85. The molecule has 3 aromatic rings. The lowest BCUT2D eigenvalue weighted by Crippen LogP contribution is -2.52. The fourth-order valence-electron chi connectivity index (χ4n) is 4.49. The number of sulfonamides is 1. The molecule has 1 aromatic heterocycles. The Bertz CT molecular complexity index is 1210. The van der Waals surface area contributed by atoms with Crippen LogP contribution in [0.5, 0.6) is 0 Å². The van der Waals surface area contributed by atoms with Crippen LogP contribution in [0.15, 0.2) is 70.3 Å². The van der Waals surface area contributed by atoms with Crippen LogP contribution in [0.4, 0.5) is 10.5 Å². The van der Waals surface area contributed by atoms with Crippen LogP contribution in [-0.2, 0) is 16.4 Å². The van der Waals surface area contributed by atoms with Gasteiger partial charge in [0.05, 0.1) is 0 Å². The quantitative estimate of drug-likeness (QED) is 0.621. The van der Waals surface area contributed by atoms with Gasteiger partial charge < -0.3 is 5.32 Å². The highest BCUT2D eigenvalue weighted by Gasteiger charge is 2.33. The molecule has 1 saturated heterocycles. The summed E-state index contributed by atoms with van der Waals surface area (Å²) in [4.78, 5) is 14.8. The van der Waals surface area contributed by atoms with Crippen molar-refractivity contribution >= 4 is 33.1 Å². The maximum absolute atomic E-state index is 13.1. The summed E-state index contributed by atoms with van der Waals surface area (Å²) >= 11 is 1.23. The van der Waals surface area contributed by atoms with Crippen LogP contribution in [-0.4, -0.2) is 44.4 Å². The Morgan fingerprint density at radius 3 is 2.62 bits per heavy atom. The van der Waals surface area contributed by atoms with Crippen LogP contribution in [0, 0.1) is 0 Å². The Morgan fingerprint density at radius 2 is 1.84 bits per heavy atom. The van der Waals surface area contributed by atoms with E-state index in [1.807, 2.05) is 24.3 Å². The van der Waals surface area contributed by atoms with Crippen LogP contribution in [0.3, 0.4) is 0 Å². The fraction of sp³-hybridized carbons (Fsp3) is 0.292. The summed E-state index contributed by atoms with van der Waals surface area (Å²) < 4.78 is 27.6. The lowest BCUT2D eigenvalue weighted by Gasteiger charge is -2.33. The molecule has 1 unspecified atom stereocenters. The van der Waals surface area contributed by atoms with E-state index in [1.54, 1.807) is 22.4 Å². The third-order valence-electron chi connectivity index (χ3n) is 6.13. The summed E-state index contributed by atoms with van der Waals surface area (Å²) in [6, 6.07) is 19.5. The van der Waals surface area contributed by atoms with Gasteiger partial charge in [-0.2, -0.15) is 4.31 Å². The van der Waals surface area contributed by atoms with E-state index in [9.17, 15) is 13.2 Å². The number of thiophene rings is 1. The van der Waals surface area contributed by atoms with Gasteiger partial charge in [-0.15, -0.1) is 11.3 Å². The molecule has 1 atom stereocenters. The molecule has 0 spiro atoms. The smallest absolute Gasteiger partial charge is 0.322 e. The molecule has 0 saturated carbocycles. The van der Waals surface area contributed by atoms with E-state index in [4.69, 9.17) is 0 Å². The highest BCUT2D eigenvalue weighted by Crippen LogP contribution is 2.32. The molecule has 2 aromatic carbocycles. The van der Waals surface area contributed by atoms with Crippen LogP contribution in [0.25, 0.3) is 11.1 Å². The van der Waals surface area contributed by atoms with E-state index in [-0.39, 0.29) is 12.1 Å². The van der Waals surface area contributed by atoms with Crippen molar-refractivity contribution < 1.29 is 13.2 Å². The van der Waals surface area contributed by atoms with Gasteiger partial charge in [0.2, 0.25) is 0 Å². The Morgan fingerprint density at radius 1 is 1.00 bits per heavy atom. The maximum atomic E-state index is 13.1. The maximum Gasteiger partial charge on any atom is 0.322 e. The number of amides is 2. The molecule has 2 aliphatic heterocycles. The van der Waals surface area contributed by atoms with Crippen molar-refractivity contribution in [3.8, 4) is 11.1 Å². The monoisotopic (exact) mass is 467 g/mol. The second-order valence-corrected chi connectivity index (χ2v) is 11.3. The van der Waals surface area contributed by atoms with Crippen LogP contribution >= 0.6 is 11.3 Å². The topological polar surface area (TPSA) is 69.7 Å². The first-order valence-corrected chi connectivity index (χ1v) is 13.1. The van der Waals surface area contributed by atoms with Gasteiger partial charge in [0, 0.05) is 31.4 Å². The molecule has 1 N–H and O–H groups in total. The Kier molecular flexibility index (Phi) is 5.75. The summed E-state index contributed by atoms with van der Waals surface area (Å²) in [7, 11) is -3.50. The molecule has 5 rings (SSSR count). The summed E-state index contributed by atoms with van der Waals surface area (Å²) in [5.41, 5.74) is 4.40. The van der Waals surface area contributed by atoms with Crippen molar-refractivity contribution in [1.29, 1.82) is 0 Å². The second-order valence-electron chi connectivity index (χ2n) is 8.19. The van der Waals surface area contributed by atoms with E-state index in [0.29, 0.717) is 23.8 Å². The minimum Gasteiger partial charge on any atom is -0.334 e. The summed E-state index contributed by atoms with van der Waals surface area (Å²) in [5.74, 6) is 0. The highest BCUT2D eigenvalue weighted by molar-refractivity contribution is 7.91. The average molecular weight is 468 g/mol. The molecule has 2 amide bonds. The molecule has 6 nitrogen and oxygen atoms in total. The fourth-order valence-corrected chi connectivity index (χ4v) is 7.16. The van der Waals surface area contributed by atoms with Gasteiger partial charge in [-0.3, -0.25) is 4.90 Å². The standard InChI is InChI=1S/C24H25N3O3S2/c28-24(25-21-8-4-13-26(17-21)32(29,30)23-9-5-15-31-23)27-14-12-20-16-19(10-11-22(20)27)18-6-2-1-3-7-18/h1-3,5-7,9-11,15-16,21H,4,8,12-14,17H2,(H,25,28). The molecule has 2 aliphatic rings. The van der Waals surface area contributed by atoms with Crippen LogP contribution in [0.1, 0.15) is 18.4 Å². The predicted molar refractivity (Wildman–Crippen MR) is 128 cm³/mol. The molecule has 0 aliphatic carbocycles. The number of anilines is 1. The number of carbonyl (C=O) groups excluding carboxylic acids is 1. The third kappa shape index (κ3) is 4.05. The summed E-state index contributed by atoms with van der Waals surface area (Å²) in [6.07, 6.45) is 2.31. The average Bonchev–Trinajstić information content (AvgIpc) is 3.50. The number of benzene rings is 2. The molecular formula is C24H25N3O3S2. The lowest BCUT2D eigenvalue weighted by molar-refractivity contribution is 0.231. The van der Waals surface area contributed by atoms with Crippen molar-refractivity contribution in [3.05, 3.63) is 71.6 Å². The van der Waals surface area contributed by atoms with Crippen molar-refractivity contribution in [2.24, 2.45) is 0 Å². The number of hydrogen-bond donors (Lipinski definition) is 1. The molecular weight excluding hydrogens is 442 g/mol. The van der Waals surface area contributed by atoms with Gasteiger partial charge in [-0.05, 0) is 59.5 Å². The van der Waals surface area contributed by atoms with Crippen LogP contribution in [0.2, 0.25) is 0 Å². The first-order valence-electron chi connectivity index (χ1n) is 10.8. The molecule has 8 heteroatoms. The second kappa shape index (κ2) is 8.69. The van der Waals surface area contributed by atoms with Gasteiger partial charge in [0.25, 0.3) is 10.0 Å². The van der Waals surface area contributed by atoms with Gasteiger partial charge in [-0.1, -0.05) is 42.5 Å². The normalized spacial score (nSPS) is 19.0. The summed E-state index contributed by atoms with van der Waals surface area (Å²) in [6.45, 7) is 1.42. The zero-order valence-electron chi connectivity index (χ0n) is 17.6. The number of hydrogen-bond acceptors (Lipinski definition) is 4. The molecule has 0 radical (unpaired) electrons. The number of carbonyl (C=O) groups is 1. The van der Waals surface area contributed by atoms with E-state index in [0.717, 1.165) is 41.6 Å². The Labute approximate surface area is 192 Å². The Hall–Kier alpha value is -2.68. The first-order chi connectivity index (χ1) is 15.5. The molecule has 0 bridgehead atoms. The highest BCUT2D eigenvalue weighted by atomic mass is 32.2. The minimum absolute atomic E-state index is 0.156. The number of nitrogens with zero attached hydrogens (tertiary/aromatic N) is 2. The number of fused-ring (bicyclic) bond motifs is 1. The lowest BCUT2D eigenvalue weighted by atomic mass is 10.0. The number of piperidine rings is 1. The van der Waals surface area contributed by atoms with Gasteiger partial charge in [-0.25, -0.2) is 13.2 Å². The largest absolute Gasteiger partial charge is 0.334 e. The molecule has 166 valence electrons. The van der Waals surface area contributed by atoms with E-state index in [2.05, 4.69) is 29.6 Å². The predicted octanol–water partition coefficient (Wildman–Crippen LogP) is 4.34. The third-order valence-corrected chi connectivity index (χ3v) is 9.37. The molecule has 32 heavy (non-hydrogen) atoms. The number of urea groups is 1. The number of nitrogens with one attached hydrogen (secondary N) is 1. The number of rotatable bonds is 4. The minimum atomic E-state index is -3.50. The van der Waals surface area contributed by atoms with Gasteiger partial charge in [0.15, 0.2) is 0 Å². The van der Waals surface area contributed by atoms with E-state index < -0.39 is 10.0 Å². The van der Waals surface area contributed by atoms with Crippen molar-refractivity contribution in [2.75, 3.05) is 24.5 Å². The van der Waals surface area contributed by atoms with Gasteiger partial charge in [0.1, 0.15) is 4.21 Å². The van der Waals surface area contributed by atoms with Crippen molar-refractivity contribution in [3.63, 3.8) is 0 Å². The Balaban J connectivity index is 1.27. The molecule has 1 fully saturated rings. The first kappa shape index (κ1) is 21.2. The zero-order chi connectivity index (χ0) is 22.1. The zero-order valence-corrected chi connectivity index (χ0v) is 19.2.